The number of nitrogens with zero attached hydrogens (tertiary/aromatic N) is 2. The smallest absolute Gasteiger partial charge is 0.411 e. The average molecular weight is 475 g/mol. The Hall–Kier alpha value is -4.14. The van der Waals surface area contributed by atoms with Crippen LogP contribution in [0.15, 0.2) is 60.9 Å². The number of ether oxygens (including phenoxy) is 1. The number of carboxylic acid groups (broad SMARTS) is 1. The van der Waals surface area contributed by atoms with Gasteiger partial charge in [-0.15, -0.1) is 0 Å². The van der Waals surface area contributed by atoms with Crippen LogP contribution in [0.2, 0.25) is 0 Å². The van der Waals surface area contributed by atoms with E-state index in [1.165, 1.54) is 10.9 Å². The van der Waals surface area contributed by atoms with Gasteiger partial charge in [-0.1, -0.05) is 48.5 Å². The summed E-state index contributed by atoms with van der Waals surface area (Å²) in [7, 11) is 0. The number of amides is 2. The fraction of sp³-hybridized carbons (Fsp3) is 0.308. The maximum Gasteiger partial charge on any atom is 0.411 e. The van der Waals surface area contributed by atoms with E-state index < -0.39 is 18.0 Å². The van der Waals surface area contributed by atoms with E-state index in [0.29, 0.717) is 24.9 Å². The molecule has 1 heterocycles. The van der Waals surface area contributed by atoms with Crippen molar-refractivity contribution in [2.75, 3.05) is 11.9 Å². The van der Waals surface area contributed by atoms with E-state index in [0.717, 1.165) is 22.3 Å². The first kappa shape index (κ1) is 22.6. The lowest BCUT2D eigenvalue weighted by Gasteiger charge is -2.14. The lowest BCUT2D eigenvalue weighted by Crippen LogP contribution is -2.35. The zero-order valence-electron chi connectivity index (χ0n) is 19.0. The quantitative estimate of drug-likeness (QED) is 0.481. The molecule has 9 nitrogen and oxygen atoms in total. The molecule has 0 spiro atoms. The largest absolute Gasteiger partial charge is 0.481 e. The van der Waals surface area contributed by atoms with Crippen LogP contribution in [0.3, 0.4) is 0 Å². The number of aromatic nitrogens is 2. The van der Waals surface area contributed by atoms with Gasteiger partial charge in [0.1, 0.15) is 13.2 Å². The highest BCUT2D eigenvalue weighted by Gasteiger charge is 2.31. The van der Waals surface area contributed by atoms with E-state index >= 15 is 0 Å². The number of fused-ring (bicyclic) bond motifs is 3. The van der Waals surface area contributed by atoms with Crippen LogP contribution in [-0.2, 0) is 20.9 Å². The lowest BCUT2D eigenvalue weighted by atomic mass is 9.98. The van der Waals surface area contributed by atoms with Crippen molar-refractivity contribution in [2.24, 2.45) is 5.92 Å². The Kier molecular flexibility index (Phi) is 6.22. The molecule has 0 bridgehead atoms. The number of nitrogens with one attached hydrogen (secondary N) is 2. The number of benzene rings is 2. The standard InChI is InChI=1S/C26H26N4O5/c31-24(28-17-10-9-16(11-17)25(32)33)14-30-13-18(12-27-30)29-26(34)35-15-23-21-7-3-1-5-19(21)20-6-2-4-8-22(20)23/h1-8,12-13,16-17,23H,9-11,14-15H2,(H,28,31)(H,29,34)(H,32,33)/t16-,17+/m1/s1. The molecule has 0 radical (unpaired) electrons. The molecule has 1 fully saturated rings. The number of hydrogen-bond donors (Lipinski definition) is 3. The van der Waals surface area contributed by atoms with Crippen molar-refractivity contribution >= 4 is 23.7 Å². The lowest BCUT2D eigenvalue weighted by molar-refractivity contribution is -0.141. The summed E-state index contributed by atoms with van der Waals surface area (Å²) in [5, 5.41) is 18.7. The van der Waals surface area contributed by atoms with Crippen molar-refractivity contribution < 1.29 is 24.2 Å². The summed E-state index contributed by atoms with van der Waals surface area (Å²) in [6.07, 6.45) is 4.06. The topological polar surface area (TPSA) is 123 Å². The van der Waals surface area contributed by atoms with E-state index in [-0.39, 0.29) is 31.0 Å². The van der Waals surface area contributed by atoms with Crippen molar-refractivity contribution in [1.29, 1.82) is 0 Å². The van der Waals surface area contributed by atoms with Crippen molar-refractivity contribution in [3.63, 3.8) is 0 Å². The highest BCUT2D eigenvalue weighted by Crippen LogP contribution is 2.44. The third-order valence-corrected chi connectivity index (χ3v) is 6.68. The number of hydrogen-bond acceptors (Lipinski definition) is 5. The highest BCUT2D eigenvalue weighted by atomic mass is 16.5. The second-order valence-corrected chi connectivity index (χ2v) is 8.99. The van der Waals surface area contributed by atoms with Crippen molar-refractivity contribution in [3.8, 4) is 11.1 Å². The van der Waals surface area contributed by atoms with Gasteiger partial charge in [-0.2, -0.15) is 5.10 Å². The summed E-state index contributed by atoms with van der Waals surface area (Å²) in [5.74, 6) is -1.51. The number of aliphatic carboxylic acids is 1. The fourth-order valence-electron chi connectivity index (χ4n) is 5.02. The van der Waals surface area contributed by atoms with E-state index in [1.54, 1.807) is 6.20 Å². The van der Waals surface area contributed by atoms with Gasteiger partial charge in [-0.05, 0) is 41.5 Å². The summed E-state index contributed by atoms with van der Waals surface area (Å²) in [6, 6.07) is 16.1. The molecule has 0 aliphatic heterocycles. The van der Waals surface area contributed by atoms with Crippen molar-refractivity contribution in [1.82, 2.24) is 15.1 Å². The maximum atomic E-state index is 12.4. The Morgan fingerprint density at radius 1 is 1.03 bits per heavy atom. The third kappa shape index (κ3) is 4.89. The van der Waals surface area contributed by atoms with Crippen LogP contribution in [0.25, 0.3) is 11.1 Å². The third-order valence-electron chi connectivity index (χ3n) is 6.68. The highest BCUT2D eigenvalue weighted by molar-refractivity contribution is 5.85. The normalized spacial score (nSPS) is 18.5. The minimum absolute atomic E-state index is 0.0272. The zero-order valence-corrected chi connectivity index (χ0v) is 19.0. The monoisotopic (exact) mass is 474 g/mol. The van der Waals surface area contributed by atoms with Crippen LogP contribution in [0.1, 0.15) is 36.3 Å². The van der Waals surface area contributed by atoms with Gasteiger partial charge in [-0.25, -0.2) is 4.79 Å². The number of carbonyl (C=O) groups is 3. The Morgan fingerprint density at radius 3 is 2.37 bits per heavy atom. The van der Waals surface area contributed by atoms with Crippen LogP contribution in [0.5, 0.6) is 0 Å². The molecule has 1 saturated carbocycles. The van der Waals surface area contributed by atoms with E-state index in [4.69, 9.17) is 9.84 Å². The summed E-state index contributed by atoms with van der Waals surface area (Å²) >= 11 is 0. The minimum atomic E-state index is -0.822. The molecule has 2 aliphatic rings. The molecule has 0 saturated heterocycles. The molecule has 35 heavy (non-hydrogen) atoms. The van der Waals surface area contributed by atoms with Gasteiger partial charge >= 0.3 is 12.1 Å². The van der Waals surface area contributed by atoms with Gasteiger partial charge in [0.2, 0.25) is 5.91 Å². The van der Waals surface area contributed by atoms with Crippen molar-refractivity contribution in [3.05, 3.63) is 72.1 Å². The first-order valence-corrected chi connectivity index (χ1v) is 11.6. The van der Waals surface area contributed by atoms with Gasteiger partial charge in [0.25, 0.3) is 0 Å². The van der Waals surface area contributed by atoms with Crippen LogP contribution in [0, 0.1) is 5.92 Å². The average Bonchev–Trinajstić information content (AvgIpc) is 3.56. The van der Waals surface area contributed by atoms with Crippen LogP contribution < -0.4 is 10.6 Å². The number of rotatable bonds is 7. The molecule has 1 aromatic heterocycles. The molecule has 9 heteroatoms. The predicted octanol–water partition coefficient (Wildman–Crippen LogP) is 3.61. The van der Waals surface area contributed by atoms with Gasteiger partial charge in [0.15, 0.2) is 0 Å². The molecule has 2 aromatic carbocycles. The first-order chi connectivity index (χ1) is 17.0. The summed E-state index contributed by atoms with van der Waals surface area (Å²) in [5.41, 5.74) is 5.01. The summed E-state index contributed by atoms with van der Waals surface area (Å²) in [4.78, 5) is 35.8. The van der Waals surface area contributed by atoms with E-state index in [1.807, 2.05) is 24.3 Å². The van der Waals surface area contributed by atoms with Gasteiger partial charge in [0.05, 0.1) is 17.8 Å². The number of carboxylic acids is 1. The van der Waals surface area contributed by atoms with E-state index in [2.05, 4.69) is 40.0 Å². The van der Waals surface area contributed by atoms with Crippen LogP contribution in [-0.4, -0.2) is 45.5 Å². The molecular formula is C26H26N4O5. The molecule has 180 valence electrons. The van der Waals surface area contributed by atoms with Gasteiger partial charge in [0, 0.05) is 18.2 Å². The molecule has 3 N–H and O–H groups in total. The second-order valence-electron chi connectivity index (χ2n) is 8.99. The van der Waals surface area contributed by atoms with Crippen LogP contribution in [0.4, 0.5) is 10.5 Å². The SMILES string of the molecule is O=C(Cn1cc(NC(=O)OCC2c3ccccc3-c3ccccc32)cn1)N[C@H]1CC[C@@H](C(=O)O)C1. The molecule has 2 atom stereocenters. The van der Waals surface area contributed by atoms with E-state index in [9.17, 15) is 14.4 Å². The molecule has 0 unspecified atom stereocenters. The molecule has 2 aliphatic carbocycles. The predicted molar refractivity (Wildman–Crippen MR) is 128 cm³/mol. The van der Waals surface area contributed by atoms with Gasteiger partial charge in [-0.3, -0.25) is 19.6 Å². The summed E-state index contributed by atoms with van der Waals surface area (Å²) < 4.78 is 6.95. The molecular weight excluding hydrogens is 448 g/mol. The Bertz CT molecular complexity index is 1220. The number of carbonyl (C=O) groups excluding carboxylic acids is 2. The Morgan fingerprint density at radius 2 is 1.71 bits per heavy atom. The maximum absolute atomic E-state index is 12.4. The number of anilines is 1. The molecule has 2 amide bonds. The second kappa shape index (κ2) is 9.61. The van der Waals surface area contributed by atoms with Gasteiger partial charge < -0.3 is 15.2 Å². The fourth-order valence-corrected chi connectivity index (χ4v) is 5.02. The van der Waals surface area contributed by atoms with Crippen LogP contribution >= 0.6 is 0 Å². The Labute approximate surface area is 202 Å². The Balaban J connectivity index is 1.13. The summed E-state index contributed by atoms with van der Waals surface area (Å²) in [6.45, 7) is 0.176. The minimum Gasteiger partial charge on any atom is -0.481 e. The first-order valence-electron chi connectivity index (χ1n) is 11.6. The van der Waals surface area contributed by atoms with Crippen molar-refractivity contribution in [2.45, 2.75) is 37.8 Å². The molecule has 5 rings (SSSR count). The molecule has 3 aromatic rings. The zero-order chi connectivity index (χ0) is 24.4.